The van der Waals surface area contributed by atoms with Crippen LogP contribution in [-0.4, -0.2) is 85.7 Å². The summed E-state index contributed by atoms with van der Waals surface area (Å²) in [5, 5.41) is 48.9. The molecule has 10 nitrogen and oxygen atoms in total. The van der Waals surface area contributed by atoms with Crippen LogP contribution >= 0.6 is 0 Å². The van der Waals surface area contributed by atoms with Crippen LogP contribution in [0.1, 0.15) is 120 Å². The molecule has 47 heavy (non-hydrogen) atoms. The van der Waals surface area contributed by atoms with E-state index in [1.807, 2.05) is 34.6 Å². The number of carbonyl (C=O) groups is 2. The van der Waals surface area contributed by atoms with Crippen molar-refractivity contribution in [1.29, 1.82) is 0 Å². The van der Waals surface area contributed by atoms with E-state index in [1.165, 1.54) is 25.7 Å². The van der Waals surface area contributed by atoms with E-state index in [9.17, 15) is 30.0 Å². The number of aliphatic hydroxyl groups is 4. The normalized spacial score (nSPS) is 44.7. The van der Waals surface area contributed by atoms with E-state index in [0.29, 0.717) is 5.57 Å². The minimum atomic E-state index is -2.33. The molecule has 6 N–H and O–H groups in total. The molecule has 2 bridgehead atoms. The second kappa shape index (κ2) is 12.3. The van der Waals surface area contributed by atoms with Crippen molar-refractivity contribution in [2.75, 3.05) is 6.61 Å². The van der Waals surface area contributed by atoms with E-state index in [4.69, 9.17) is 19.9 Å². The zero-order valence-electron chi connectivity index (χ0n) is 29.9. The van der Waals surface area contributed by atoms with Crippen molar-refractivity contribution in [3.05, 3.63) is 11.6 Å². The van der Waals surface area contributed by atoms with Crippen LogP contribution in [0.4, 0.5) is 0 Å². The maximum atomic E-state index is 13.5. The Hall–Kier alpha value is -1.56. The van der Waals surface area contributed by atoms with Gasteiger partial charge in [-0.1, -0.05) is 99.5 Å². The minimum Gasteiger partial charge on any atom is -0.462 e. The monoisotopic (exact) mass is 663 g/mol. The van der Waals surface area contributed by atoms with Gasteiger partial charge in [-0.2, -0.15) is 0 Å². The fourth-order valence-corrected chi connectivity index (χ4v) is 10.3. The van der Waals surface area contributed by atoms with Crippen LogP contribution < -0.4 is 5.73 Å². The van der Waals surface area contributed by atoms with Gasteiger partial charge >= 0.3 is 11.9 Å². The quantitative estimate of drug-likeness (QED) is 0.0793. The topological polar surface area (TPSA) is 172 Å². The van der Waals surface area contributed by atoms with Gasteiger partial charge in [0.15, 0.2) is 5.60 Å². The van der Waals surface area contributed by atoms with Crippen molar-refractivity contribution in [2.24, 2.45) is 40.2 Å². The molecule has 4 fully saturated rings. The highest BCUT2D eigenvalue weighted by Crippen LogP contribution is 2.79. The lowest BCUT2D eigenvalue weighted by molar-refractivity contribution is -0.242. The Morgan fingerprint density at radius 3 is 2.21 bits per heavy atom. The van der Waals surface area contributed by atoms with E-state index < -0.39 is 87.9 Å². The Morgan fingerprint density at radius 2 is 1.62 bits per heavy atom. The lowest BCUT2D eigenvalue weighted by Crippen LogP contribution is -2.71. The van der Waals surface area contributed by atoms with E-state index in [1.54, 1.807) is 19.9 Å². The van der Waals surface area contributed by atoms with Crippen LogP contribution in [0.25, 0.3) is 0 Å². The van der Waals surface area contributed by atoms with Crippen LogP contribution in [0, 0.1) is 34.5 Å². The number of esters is 2. The fraction of sp³-hybridized carbons (Fsp3) is 0.892. The number of rotatable bonds is 14. The van der Waals surface area contributed by atoms with Gasteiger partial charge in [0.25, 0.3) is 0 Å². The van der Waals surface area contributed by atoms with E-state index in [2.05, 4.69) is 6.92 Å². The highest BCUT2D eigenvalue weighted by molar-refractivity contribution is 5.72. The summed E-state index contributed by atoms with van der Waals surface area (Å²) in [5.74, 6) is -2.44. The first-order valence-electron chi connectivity index (χ1n) is 18.2. The number of hydrogen-bond donors (Lipinski definition) is 5. The van der Waals surface area contributed by atoms with Crippen molar-refractivity contribution < 1.29 is 44.2 Å². The first kappa shape index (κ1) is 36.7. The average Bonchev–Trinajstić information content (AvgIpc) is 3.85. The summed E-state index contributed by atoms with van der Waals surface area (Å²) in [6.45, 7) is 14.8. The Bertz CT molecular complexity index is 1250. The molecule has 3 saturated carbocycles. The molecule has 12 atom stereocenters. The summed E-state index contributed by atoms with van der Waals surface area (Å²) in [6, 6.07) is 0. The van der Waals surface area contributed by atoms with Crippen molar-refractivity contribution >= 4 is 11.9 Å². The predicted molar refractivity (Wildman–Crippen MR) is 176 cm³/mol. The molecule has 268 valence electrons. The van der Waals surface area contributed by atoms with Gasteiger partial charge in [0.2, 0.25) is 0 Å². The molecule has 1 saturated heterocycles. The summed E-state index contributed by atoms with van der Waals surface area (Å²) in [5.41, 5.74) is -1.23. The molecule has 1 aliphatic heterocycles. The number of aliphatic hydroxyl groups excluding tert-OH is 3. The summed E-state index contributed by atoms with van der Waals surface area (Å²) >= 11 is 0. The molecule has 1 spiro atoms. The maximum absolute atomic E-state index is 13.5. The van der Waals surface area contributed by atoms with Gasteiger partial charge in [0.1, 0.15) is 36.1 Å². The molecule has 5 rings (SSSR count). The zero-order chi connectivity index (χ0) is 35.0. The average molecular weight is 664 g/mol. The first-order valence-corrected chi connectivity index (χ1v) is 18.2. The Balaban J connectivity index is 1.47. The highest BCUT2D eigenvalue weighted by Gasteiger charge is 2.93. The standard InChI is InChI=1S/C37H61NO9/c1-9-10-11-12-13-14-15-16-17-25(39)46-35-19-23(5)33-18-22(4)26(40)37(33,44)30(43)34(20-45-27(41)24(6)21(2)3)31(47-34)36(38,29(33)42)28(35)32(35,7)8/h18,21,23-24,26,28-31,40,42-44H,9-17,19-20,38H2,1-8H3/t23-,24?,26+,28-,29?,30-,31?,33+,34?,35+,36-,37-/m1/s1. The van der Waals surface area contributed by atoms with E-state index in [0.717, 1.165) is 25.7 Å². The molecule has 0 radical (unpaired) electrons. The van der Waals surface area contributed by atoms with Crippen molar-refractivity contribution in [3.63, 3.8) is 0 Å². The second-order valence-electron chi connectivity index (χ2n) is 16.8. The van der Waals surface area contributed by atoms with Gasteiger partial charge in [-0.25, -0.2) is 0 Å². The molecule has 0 amide bonds. The zero-order valence-corrected chi connectivity index (χ0v) is 29.9. The van der Waals surface area contributed by atoms with Crippen LogP contribution in [0.3, 0.4) is 0 Å². The van der Waals surface area contributed by atoms with Gasteiger partial charge in [-0.15, -0.1) is 0 Å². The highest BCUT2D eigenvalue weighted by atomic mass is 16.7. The summed E-state index contributed by atoms with van der Waals surface area (Å²) < 4.78 is 18.5. The molecular weight excluding hydrogens is 602 g/mol. The molecule has 0 aromatic heterocycles. The first-order chi connectivity index (χ1) is 21.9. The Kier molecular flexibility index (Phi) is 9.64. The lowest BCUT2D eigenvalue weighted by Gasteiger charge is -2.53. The fourth-order valence-electron chi connectivity index (χ4n) is 10.3. The van der Waals surface area contributed by atoms with Crippen LogP contribution in [0.2, 0.25) is 0 Å². The smallest absolute Gasteiger partial charge is 0.309 e. The van der Waals surface area contributed by atoms with Gasteiger partial charge in [0, 0.05) is 17.8 Å². The third kappa shape index (κ3) is 5.01. The van der Waals surface area contributed by atoms with Gasteiger partial charge in [-0.3, -0.25) is 9.59 Å². The van der Waals surface area contributed by atoms with E-state index in [-0.39, 0.29) is 24.7 Å². The second-order valence-corrected chi connectivity index (χ2v) is 16.8. The van der Waals surface area contributed by atoms with Crippen molar-refractivity contribution in [2.45, 2.75) is 166 Å². The molecule has 0 aromatic carbocycles. The number of carbonyl (C=O) groups excluding carboxylic acids is 2. The maximum Gasteiger partial charge on any atom is 0.309 e. The number of hydrogen-bond acceptors (Lipinski definition) is 10. The largest absolute Gasteiger partial charge is 0.462 e. The molecule has 5 aliphatic rings. The number of nitrogens with two attached hydrogens (primary N) is 1. The van der Waals surface area contributed by atoms with Crippen LogP contribution in [0.5, 0.6) is 0 Å². The minimum absolute atomic E-state index is 0.00513. The predicted octanol–water partition coefficient (Wildman–Crippen LogP) is 3.94. The third-order valence-corrected chi connectivity index (χ3v) is 13.5. The van der Waals surface area contributed by atoms with Gasteiger partial charge < -0.3 is 40.4 Å². The van der Waals surface area contributed by atoms with Crippen molar-refractivity contribution in [3.8, 4) is 0 Å². The molecule has 4 aliphatic carbocycles. The lowest BCUT2D eigenvalue weighted by atomic mass is 9.57. The molecule has 10 heteroatoms. The van der Waals surface area contributed by atoms with Crippen LogP contribution in [-0.2, 0) is 23.8 Å². The third-order valence-electron chi connectivity index (χ3n) is 13.5. The Labute approximate surface area is 280 Å². The number of epoxide rings is 1. The summed E-state index contributed by atoms with van der Waals surface area (Å²) in [6.07, 6.45) is 5.14. The summed E-state index contributed by atoms with van der Waals surface area (Å²) in [7, 11) is 0. The molecular formula is C37H61NO9. The SMILES string of the molecule is CCCCCCCCCCC(=O)O[C@@]12C[C@@H](C)[C@]34C=C(C)[C@H](O)[C@@]3(O)[C@H](O)C3(COC(=O)C(C)C(C)C)OC3[C@](N)(C4O)[C@@H]1C2(C)C. The summed E-state index contributed by atoms with van der Waals surface area (Å²) in [4.78, 5) is 26.5. The van der Waals surface area contributed by atoms with E-state index >= 15 is 0 Å². The molecule has 4 unspecified atom stereocenters. The van der Waals surface area contributed by atoms with Gasteiger partial charge in [0.05, 0.1) is 23.0 Å². The number of ether oxygens (including phenoxy) is 3. The number of fused-ring (bicyclic) bond motifs is 5. The van der Waals surface area contributed by atoms with Gasteiger partial charge in [-0.05, 0) is 37.2 Å². The van der Waals surface area contributed by atoms with Crippen LogP contribution in [0.15, 0.2) is 11.6 Å². The molecule has 1 heterocycles. The Morgan fingerprint density at radius 1 is 1.02 bits per heavy atom. The molecule has 0 aromatic rings. The number of unbranched alkanes of at least 4 members (excludes halogenated alkanes) is 7. The van der Waals surface area contributed by atoms with Crippen molar-refractivity contribution in [1.82, 2.24) is 0 Å².